The number of aliphatic carboxylic acids is 1. The number of nitrogens with zero attached hydrogens (tertiary/aromatic N) is 1. The monoisotopic (exact) mass is 214 g/mol. The van der Waals surface area contributed by atoms with Crippen LogP contribution in [-0.2, 0) is 9.59 Å². The van der Waals surface area contributed by atoms with Gasteiger partial charge in [0.15, 0.2) is 0 Å². The maximum atomic E-state index is 10.9. The van der Waals surface area contributed by atoms with Gasteiger partial charge in [-0.25, -0.2) is 0 Å². The lowest BCUT2D eigenvalue weighted by Gasteiger charge is -2.33. The number of amides is 1. The normalized spacial score (nSPS) is 19.5. The lowest BCUT2D eigenvalue weighted by atomic mass is 10.1. The Hall–Kier alpha value is -1.10. The van der Waals surface area contributed by atoms with Crippen LogP contribution >= 0.6 is 0 Å². The zero-order chi connectivity index (χ0) is 11.3. The van der Waals surface area contributed by atoms with Crippen molar-refractivity contribution >= 4 is 11.9 Å². The average molecular weight is 214 g/mol. The summed E-state index contributed by atoms with van der Waals surface area (Å²) in [5.74, 6) is -1.05. The van der Waals surface area contributed by atoms with Gasteiger partial charge in [0, 0.05) is 20.0 Å². The molecule has 0 unspecified atom stereocenters. The first-order valence-corrected chi connectivity index (χ1v) is 5.32. The number of nitrogens with one attached hydrogen (secondary N) is 1. The van der Waals surface area contributed by atoms with Gasteiger partial charge in [0.25, 0.3) is 0 Å². The van der Waals surface area contributed by atoms with Crippen LogP contribution in [0.1, 0.15) is 32.6 Å². The van der Waals surface area contributed by atoms with E-state index in [0.717, 1.165) is 25.9 Å². The van der Waals surface area contributed by atoms with Gasteiger partial charge in [-0.05, 0) is 12.8 Å². The molecule has 0 aliphatic carbocycles. The minimum absolute atomic E-state index is 0.0282. The highest BCUT2D eigenvalue weighted by molar-refractivity contribution is 5.74. The van der Waals surface area contributed by atoms with E-state index in [2.05, 4.69) is 5.32 Å². The van der Waals surface area contributed by atoms with Crippen LogP contribution in [0.2, 0.25) is 0 Å². The third kappa shape index (κ3) is 4.29. The highest BCUT2D eigenvalue weighted by Crippen LogP contribution is 2.12. The van der Waals surface area contributed by atoms with Gasteiger partial charge in [0.05, 0.1) is 12.6 Å². The van der Waals surface area contributed by atoms with Crippen LogP contribution in [0.5, 0.6) is 0 Å². The van der Waals surface area contributed by atoms with Crippen LogP contribution in [0.4, 0.5) is 0 Å². The van der Waals surface area contributed by atoms with E-state index in [1.54, 1.807) is 0 Å². The van der Waals surface area contributed by atoms with E-state index >= 15 is 0 Å². The summed E-state index contributed by atoms with van der Waals surface area (Å²) in [4.78, 5) is 23.6. The number of carboxylic acid groups (broad SMARTS) is 1. The van der Waals surface area contributed by atoms with Crippen molar-refractivity contribution < 1.29 is 14.7 Å². The first-order chi connectivity index (χ1) is 7.09. The Bertz CT molecular complexity index is 221. The standard InChI is InChI=1S/C10H18N2O3/c1-8(13)11-9(7-10(14)15)12-5-3-2-4-6-12/h9H,2-7H2,1H3,(H,11,13)(H,14,15)/t9-/m1/s1. The molecule has 5 nitrogen and oxygen atoms in total. The number of likely N-dealkylation sites (tertiary alicyclic amines) is 1. The molecular formula is C10H18N2O3. The fraction of sp³-hybridized carbons (Fsp3) is 0.800. The second kappa shape index (κ2) is 5.70. The fourth-order valence-corrected chi connectivity index (χ4v) is 1.90. The summed E-state index contributed by atoms with van der Waals surface area (Å²) in [7, 11) is 0. The molecule has 0 spiro atoms. The van der Waals surface area contributed by atoms with Crippen molar-refractivity contribution in [3.05, 3.63) is 0 Å². The molecule has 15 heavy (non-hydrogen) atoms. The van der Waals surface area contributed by atoms with Crippen molar-refractivity contribution in [3.63, 3.8) is 0 Å². The van der Waals surface area contributed by atoms with Gasteiger partial charge >= 0.3 is 5.97 Å². The highest BCUT2D eigenvalue weighted by atomic mass is 16.4. The minimum Gasteiger partial charge on any atom is -0.481 e. The predicted octanol–water partition coefficient (Wildman–Crippen LogP) is 0.409. The lowest BCUT2D eigenvalue weighted by molar-refractivity contribution is -0.139. The Kier molecular flexibility index (Phi) is 4.55. The maximum Gasteiger partial charge on any atom is 0.306 e. The first-order valence-electron chi connectivity index (χ1n) is 5.32. The largest absolute Gasteiger partial charge is 0.481 e. The van der Waals surface area contributed by atoms with Gasteiger partial charge in [0.2, 0.25) is 5.91 Å². The Morgan fingerprint density at radius 3 is 2.40 bits per heavy atom. The number of rotatable bonds is 4. The molecule has 1 heterocycles. The molecule has 1 saturated heterocycles. The molecule has 1 amide bonds. The highest BCUT2D eigenvalue weighted by Gasteiger charge is 2.23. The van der Waals surface area contributed by atoms with Crippen LogP contribution < -0.4 is 5.32 Å². The molecule has 1 fully saturated rings. The number of piperidine rings is 1. The Balaban J connectivity index is 2.52. The topological polar surface area (TPSA) is 69.6 Å². The second-order valence-electron chi connectivity index (χ2n) is 3.91. The quantitative estimate of drug-likeness (QED) is 0.711. The summed E-state index contributed by atoms with van der Waals surface area (Å²) >= 11 is 0. The van der Waals surface area contributed by atoms with Crippen LogP contribution in [0.25, 0.3) is 0 Å². The molecule has 0 radical (unpaired) electrons. The third-order valence-electron chi connectivity index (χ3n) is 2.57. The van der Waals surface area contributed by atoms with Crippen molar-refractivity contribution in [2.45, 2.75) is 38.8 Å². The number of hydrogen-bond donors (Lipinski definition) is 2. The summed E-state index contributed by atoms with van der Waals surface area (Å²) in [6.45, 7) is 3.16. The summed E-state index contributed by atoms with van der Waals surface area (Å²) in [5.41, 5.74) is 0. The summed E-state index contributed by atoms with van der Waals surface area (Å²) in [6.07, 6.45) is 2.97. The van der Waals surface area contributed by atoms with Crippen LogP contribution in [0.15, 0.2) is 0 Å². The van der Waals surface area contributed by atoms with Crippen LogP contribution in [-0.4, -0.2) is 41.1 Å². The Morgan fingerprint density at radius 1 is 1.33 bits per heavy atom. The molecule has 1 rings (SSSR count). The van der Waals surface area contributed by atoms with Crippen molar-refractivity contribution in [2.24, 2.45) is 0 Å². The minimum atomic E-state index is -0.876. The average Bonchev–Trinajstić information content (AvgIpc) is 2.17. The van der Waals surface area contributed by atoms with Crippen molar-refractivity contribution in [3.8, 4) is 0 Å². The van der Waals surface area contributed by atoms with E-state index in [1.807, 2.05) is 4.90 Å². The SMILES string of the molecule is CC(=O)N[C@@H](CC(=O)O)N1CCCCC1. The third-order valence-corrected chi connectivity index (χ3v) is 2.57. The van der Waals surface area contributed by atoms with Crippen molar-refractivity contribution in [1.82, 2.24) is 10.2 Å². The number of hydrogen-bond acceptors (Lipinski definition) is 3. The molecule has 0 aromatic carbocycles. The number of carbonyl (C=O) groups is 2. The van der Waals surface area contributed by atoms with E-state index in [9.17, 15) is 9.59 Å². The Morgan fingerprint density at radius 2 is 1.93 bits per heavy atom. The number of carbonyl (C=O) groups excluding carboxylic acids is 1. The van der Waals surface area contributed by atoms with Gasteiger partial charge < -0.3 is 10.4 Å². The zero-order valence-electron chi connectivity index (χ0n) is 9.03. The van der Waals surface area contributed by atoms with E-state index in [1.165, 1.54) is 13.3 Å². The maximum absolute atomic E-state index is 10.9. The Labute approximate surface area is 89.4 Å². The fourth-order valence-electron chi connectivity index (χ4n) is 1.90. The van der Waals surface area contributed by atoms with Gasteiger partial charge in [-0.2, -0.15) is 0 Å². The number of carboxylic acids is 1. The molecule has 0 aromatic rings. The van der Waals surface area contributed by atoms with Gasteiger partial charge in [-0.1, -0.05) is 6.42 Å². The molecule has 5 heteroatoms. The summed E-state index contributed by atoms with van der Waals surface area (Å²) < 4.78 is 0. The van der Waals surface area contributed by atoms with Crippen molar-refractivity contribution in [2.75, 3.05) is 13.1 Å². The molecular weight excluding hydrogens is 196 g/mol. The smallest absolute Gasteiger partial charge is 0.306 e. The second-order valence-corrected chi connectivity index (χ2v) is 3.91. The molecule has 1 aliphatic rings. The van der Waals surface area contributed by atoms with Crippen LogP contribution in [0.3, 0.4) is 0 Å². The summed E-state index contributed by atoms with van der Waals surface area (Å²) in [5, 5.41) is 11.4. The van der Waals surface area contributed by atoms with Crippen LogP contribution in [0, 0.1) is 0 Å². The van der Waals surface area contributed by atoms with Gasteiger partial charge in [-0.15, -0.1) is 0 Å². The molecule has 0 saturated carbocycles. The molecule has 2 N–H and O–H groups in total. The zero-order valence-corrected chi connectivity index (χ0v) is 9.03. The predicted molar refractivity (Wildman–Crippen MR) is 55.3 cm³/mol. The van der Waals surface area contributed by atoms with Gasteiger partial charge in [-0.3, -0.25) is 14.5 Å². The summed E-state index contributed by atoms with van der Waals surface area (Å²) in [6, 6.07) is 0. The first kappa shape index (κ1) is 12.0. The van der Waals surface area contributed by atoms with Crippen molar-refractivity contribution in [1.29, 1.82) is 0 Å². The molecule has 1 aliphatic heterocycles. The van der Waals surface area contributed by atoms with E-state index in [0.29, 0.717) is 0 Å². The van der Waals surface area contributed by atoms with E-state index in [-0.39, 0.29) is 18.5 Å². The van der Waals surface area contributed by atoms with E-state index in [4.69, 9.17) is 5.11 Å². The molecule has 0 bridgehead atoms. The lowest BCUT2D eigenvalue weighted by Crippen LogP contribution is -2.50. The molecule has 86 valence electrons. The van der Waals surface area contributed by atoms with E-state index < -0.39 is 5.97 Å². The molecule has 0 aromatic heterocycles. The molecule has 1 atom stereocenters. The van der Waals surface area contributed by atoms with Gasteiger partial charge in [0.1, 0.15) is 0 Å².